The first-order valence-electron chi connectivity index (χ1n) is 5.69. The first kappa shape index (κ1) is 13.5. The molecule has 0 aliphatic carbocycles. The van der Waals surface area contributed by atoms with E-state index in [0.29, 0.717) is 5.92 Å². The molecular weight excluding hydrogens is 225 g/mol. The maximum absolute atomic E-state index is 13.0. The van der Waals surface area contributed by atoms with Gasteiger partial charge in [-0.05, 0) is 43.5 Å². The zero-order chi connectivity index (χ0) is 12.1. The third-order valence-corrected chi connectivity index (χ3v) is 2.91. The van der Waals surface area contributed by atoms with Crippen molar-refractivity contribution in [2.24, 2.45) is 5.92 Å². The van der Waals surface area contributed by atoms with Gasteiger partial charge in [-0.2, -0.15) is 0 Å². The quantitative estimate of drug-likeness (QED) is 0.818. The van der Waals surface area contributed by atoms with E-state index in [1.165, 1.54) is 6.07 Å². The van der Waals surface area contributed by atoms with Crippen LogP contribution in [0.2, 0.25) is 5.02 Å². The first-order valence-corrected chi connectivity index (χ1v) is 6.07. The van der Waals surface area contributed by atoms with Gasteiger partial charge in [-0.1, -0.05) is 31.5 Å². The molecule has 0 aliphatic heterocycles. The average molecular weight is 244 g/mol. The molecular formula is C13H19ClFN. The highest BCUT2D eigenvalue weighted by Crippen LogP contribution is 2.20. The molecule has 1 aromatic carbocycles. The minimum Gasteiger partial charge on any atom is -0.310 e. The van der Waals surface area contributed by atoms with Crippen LogP contribution in [0.5, 0.6) is 0 Å². The van der Waals surface area contributed by atoms with Gasteiger partial charge >= 0.3 is 0 Å². The molecule has 1 N–H and O–H groups in total. The summed E-state index contributed by atoms with van der Waals surface area (Å²) in [7, 11) is 0. The van der Waals surface area contributed by atoms with Crippen LogP contribution in [0.15, 0.2) is 18.2 Å². The van der Waals surface area contributed by atoms with Crippen molar-refractivity contribution in [3.8, 4) is 0 Å². The van der Waals surface area contributed by atoms with Crippen molar-refractivity contribution in [1.82, 2.24) is 5.32 Å². The van der Waals surface area contributed by atoms with Crippen LogP contribution in [0.4, 0.5) is 4.39 Å². The van der Waals surface area contributed by atoms with E-state index in [-0.39, 0.29) is 16.9 Å². The van der Waals surface area contributed by atoms with Crippen LogP contribution in [0, 0.1) is 11.7 Å². The smallest absolute Gasteiger partial charge is 0.141 e. The van der Waals surface area contributed by atoms with Crippen LogP contribution in [0.25, 0.3) is 0 Å². The number of rotatable bonds is 5. The third kappa shape index (κ3) is 4.11. The Bertz CT molecular complexity index is 339. The summed E-state index contributed by atoms with van der Waals surface area (Å²) in [5.41, 5.74) is 1.02. The van der Waals surface area contributed by atoms with Crippen molar-refractivity contribution in [2.75, 3.05) is 6.54 Å². The maximum atomic E-state index is 13.0. The van der Waals surface area contributed by atoms with E-state index in [2.05, 4.69) is 26.1 Å². The molecule has 16 heavy (non-hydrogen) atoms. The van der Waals surface area contributed by atoms with Gasteiger partial charge in [-0.15, -0.1) is 0 Å². The Morgan fingerprint density at radius 3 is 2.56 bits per heavy atom. The van der Waals surface area contributed by atoms with Gasteiger partial charge in [0, 0.05) is 6.04 Å². The van der Waals surface area contributed by atoms with Crippen LogP contribution < -0.4 is 5.32 Å². The molecule has 0 radical (unpaired) electrons. The Morgan fingerprint density at radius 2 is 2.00 bits per heavy atom. The van der Waals surface area contributed by atoms with Crippen molar-refractivity contribution in [3.63, 3.8) is 0 Å². The van der Waals surface area contributed by atoms with Crippen molar-refractivity contribution in [2.45, 2.75) is 33.2 Å². The Balaban J connectivity index is 2.52. The van der Waals surface area contributed by atoms with Gasteiger partial charge in [-0.25, -0.2) is 4.39 Å². The Labute approximate surface area is 102 Å². The molecule has 0 heterocycles. The lowest BCUT2D eigenvalue weighted by molar-refractivity contribution is 0.496. The summed E-state index contributed by atoms with van der Waals surface area (Å²) in [6, 6.07) is 5.08. The van der Waals surface area contributed by atoms with E-state index in [1.54, 1.807) is 12.1 Å². The Kier molecular flexibility index (Phi) is 5.23. The molecule has 0 spiro atoms. The molecule has 1 atom stereocenters. The molecule has 0 aromatic heterocycles. The lowest BCUT2D eigenvalue weighted by Gasteiger charge is -2.15. The SMILES string of the molecule is CC(C)CCNC(C)c1ccc(F)c(Cl)c1. The van der Waals surface area contributed by atoms with E-state index in [0.717, 1.165) is 18.5 Å². The first-order chi connectivity index (χ1) is 7.50. The highest BCUT2D eigenvalue weighted by atomic mass is 35.5. The topological polar surface area (TPSA) is 12.0 Å². The zero-order valence-corrected chi connectivity index (χ0v) is 10.8. The monoisotopic (exact) mass is 243 g/mol. The van der Waals surface area contributed by atoms with Crippen molar-refractivity contribution in [1.29, 1.82) is 0 Å². The molecule has 0 saturated carbocycles. The van der Waals surface area contributed by atoms with Crippen LogP contribution in [-0.4, -0.2) is 6.54 Å². The molecule has 3 heteroatoms. The standard InChI is InChI=1S/C13H19ClFN/c1-9(2)6-7-16-10(3)11-4-5-13(15)12(14)8-11/h4-5,8-10,16H,6-7H2,1-3H3. The summed E-state index contributed by atoms with van der Waals surface area (Å²) in [6.45, 7) is 7.42. The number of halogens is 2. The van der Waals surface area contributed by atoms with Crippen molar-refractivity contribution < 1.29 is 4.39 Å². The van der Waals surface area contributed by atoms with Gasteiger partial charge in [0.25, 0.3) is 0 Å². The second kappa shape index (κ2) is 6.21. The fraction of sp³-hybridized carbons (Fsp3) is 0.538. The number of hydrogen-bond donors (Lipinski definition) is 1. The van der Waals surface area contributed by atoms with Gasteiger partial charge < -0.3 is 5.32 Å². The fourth-order valence-corrected chi connectivity index (χ4v) is 1.68. The van der Waals surface area contributed by atoms with Gasteiger partial charge in [0.1, 0.15) is 5.82 Å². The number of hydrogen-bond acceptors (Lipinski definition) is 1. The zero-order valence-electron chi connectivity index (χ0n) is 10.1. The highest BCUT2D eigenvalue weighted by Gasteiger charge is 2.07. The van der Waals surface area contributed by atoms with Gasteiger partial charge in [0.2, 0.25) is 0 Å². The molecule has 1 nitrogen and oxygen atoms in total. The number of nitrogens with one attached hydrogen (secondary N) is 1. The predicted molar refractivity (Wildman–Crippen MR) is 67.3 cm³/mol. The minimum atomic E-state index is -0.361. The van der Waals surface area contributed by atoms with Crippen LogP contribution in [0.1, 0.15) is 38.8 Å². The van der Waals surface area contributed by atoms with Gasteiger partial charge in [0.05, 0.1) is 5.02 Å². The highest BCUT2D eigenvalue weighted by molar-refractivity contribution is 6.30. The predicted octanol–water partition coefficient (Wildman–Crippen LogP) is 4.18. The average Bonchev–Trinajstić information content (AvgIpc) is 2.21. The molecule has 0 aliphatic rings. The van der Waals surface area contributed by atoms with E-state index in [1.807, 2.05) is 0 Å². The molecule has 0 fully saturated rings. The van der Waals surface area contributed by atoms with Crippen molar-refractivity contribution in [3.05, 3.63) is 34.6 Å². The Hall–Kier alpha value is -0.600. The summed E-state index contributed by atoms with van der Waals surface area (Å²) in [4.78, 5) is 0. The lowest BCUT2D eigenvalue weighted by atomic mass is 10.1. The van der Waals surface area contributed by atoms with Gasteiger partial charge in [0.15, 0.2) is 0 Å². The summed E-state index contributed by atoms with van der Waals surface area (Å²) in [5, 5.41) is 3.59. The Morgan fingerprint density at radius 1 is 1.31 bits per heavy atom. The molecule has 90 valence electrons. The van der Waals surface area contributed by atoms with E-state index in [9.17, 15) is 4.39 Å². The molecule has 1 aromatic rings. The summed E-state index contributed by atoms with van der Waals surface area (Å²) in [6.07, 6.45) is 1.14. The van der Waals surface area contributed by atoms with E-state index < -0.39 is 0 Å². The number of benzene rings is 1. The lowest BCUT2D eigenvalue weighted by Crippen LogP contribution is -2.21. The normalized spacial score (nSPS) is 13.1. The van der Waals surface area contributed by atoms with Crippen molar-refractivity contribution >= 4 is 11.6 Å². The van der Waals surface area contributed by atoms with Crippen LogP contribution in [0.3, 0.4) is 0 Å². The maximum Gasteiger partial charge on any atom is 0.141 e. The fourth-order valence-electron chi connectivity index (χ4n) is 1.49. The van der Waals surface area contributed by atoms with E-state index in [4.69, 9.17) is 11.6 Å². The minimum absolute atomic E-state index is 0.190. The van der Waals surface area contributed by atoms with Crippen LogP contribution >= 0.6 is 11.6 Å². The molecule has 0 bridgehead atoms. The third-order valence-electron chi connectivity index (χ3n) is 2.62. The summed E-state index contributed by atoms with van der Waals surface area (Å²) in [5.74, 6) is 0.330. The largest absolute Gasteiger partial charge is 0.310 e. The molecule has 1 unspecified atom stereocenters. The second-order valence-corrected chi connectivity index (χ2v) is 4.94. The molecule has 1 rings (SSSR count). The summed E-state index contributed by atoms with van der Waals surface area (Å²) < 4.78 is 13.0. The van der Waals surface area contributed by atoms with Crippen LogP contribution in [-0.2, 0) is 0 Å². The van der Waals surface area contributed by atoms with Gasteiger partial charge in [-0.3, -0.25) is 0 Å². The molecule has 0 saturated heterocycles. The summed E-state index contributed by atoms with van der Waals surface area (Å²) >= 11 is 5.74. The molecule has 0 amide bonds. The second-order valence-electron chi connectivity index (χ2n) is 4.53. The van der Waals surface area contributed by atoms with E-state index >= 15 is 0 Å².